The molecule has 1 aliphatic rings. The average molecular weight is 369 g/mol. The molecule has 0 amide bonds. The highest BCUT2D eigenvalue weighted by molar-refractivity contribution is 5.51. The van der Waals surface area contributed by atoms with Crippen molar-refractivity contribution in [3.8, 4) is 0 Å². The number of hydrogen-bond acceptors (Lipinski definition) is 4. The van der Waals surface area contributed by atoms with E-state index in [0.717, 1.165) is 51.2 Å². The van der Waals surface area contributed by atoms with Crippen molar-refractivity contribution in [1.82, 2.24) is 0 Å². The van der Waals surface area contributed by atoms with Crippen LogP contribution in [0.4, 0.5) is 0 Å². The maximum absolute atomic E-state index is 10.9. The van der Waals surface area contributed by atoms with E-state index in [1.54, 1.807) is 0 Å². The van der Waals surface area contributed by atoms with Gasteiger partial charge in [0, 0.05) is 18.9 Å². The van der Waals surface area contributed by atoms with Crippen LogP contribution in [0.15, 0.2) is 12.2 Å². The molecule has 4 atom stereocenters. The molecular formula is C22H40O4. The first kappa shape index (κ1) is 23.3. The Morgan fingerprint density at radius 2 is 1.77 bits per heavy atom. The van der Waals surface area contributed by atoms with Crippen molar-refractivity contribution >= 4 is 6.29 Å². The zero-order valence-electron chi connectivity index (χ0n) is 16.6. The minimum Gasteiger partial charge on any atom is -0.396 e. The van der Waals surface area contributed by atoms with Gasteiger partial charge in [-0.2, -0.15) is 0 Å². The molecule has 1 saturated carbocycles. The van der Waals surface area contributed by atoms with Crippen LogP contribution in [0, 0.1) is 11.8 Å². The molecule has 0 aliphatic heterocycles. The molecule has 1 rings (SSSR count). The van der Waals surface area contributed by atoms with Crippen LogP contribution in [0.25, 0.3) is 0 Å². The average Bonchev–Trinajstić information content (AvgIpc) is 2.97. The van der Waals surface area contributed by atoms with E-state index in [4.69, 9.17) is 5.11 Å². The van der Waals surface area contributed by atoms with E-state index in [1.807, 2.05) is 6.08 Å². The third-order valence-electron chi connectivity index (χ3n) is 5.87. The maximum Gasteiger partial charge on any atom is 0.122 e. The van der Waals surface area contributed by atoms with Crippen LogP contribution in [-0.2, 0) is 4.79 Å². The van der Waals surface area contributed by atoms with E-state index in [0.29, 0.717) is 18.8 Å². The van der Waals surface area contributed by atoms with Gasteiger partial charge in [0.15, 0.2) is 0 Å². The van der Waals surface area contributed by atoms with Crippen molar-refractivity contribution in [1.29, 1.82) is 0 Å². The standard InChI is InChI=1S/C22H40O4/c1-2-3-14-22(26,16-18-24)15-9-11-20-19(12-13-21(20)25)10-7-5-4-6-8-17-23/h9,11,18-21,23,25-26H,2-8,10,12-17H2,1H3/t19-,20+,21+,22?/m0/s1. The quantitative estimate of drug-likeness (QED) is 0.230. The molecule has 26 heavy (non-hydrogen) atoms. The Balaban J connectivity index is 2.44. The molecule has 0 aromatic rings. The van der Waals surface area contributed by atoms with Crippen molar-refractivity contribution in [2.45, 2.75) is 102 Å². The fraction of sp³-hybridized carbons (Fsp3) is 0.864. The second-order valence-corrected chi connectivity index (χ2v) is 8.09. The second kappa shape index (κ2) is 13.5. The smallest absolute Gasteiger partial charge is 0.122 e. The van der Waals surface area contributed by atoms with Gasteiger partial charge in [0.1, 0.15) is 6.29 Å². The minimum atomic E-state index is -0.931. The molecule has 0 radical (unpaired) electrons. The molecule has 1 unspecified atom stereocenters. The molecule has 1 fully saturated rings. The Labute approximate surface area is 159 Å². The van der Waals surface area contributed by atoms with Gasteiger partial charge < -0.3 is 20.1 Å². The van der Waals surface area contributed by atoms with Crippen molar-refractivity contribution in [2.75, 3.05) is 6.61 Å². The highest BCUT2D eigenvalue weighted by Crippen LogP contribution is 2.37. The van der Waals surface area contributed by atoms with E-state index in [-0.39, 0.29) is 25.0 Å². The fourth-order valence-electron chi connectivity index (χ4n) is 4.15. The van der Waals surface area contributed by atoms with E-state index in [2.05, 4.69) is 13.0 Å². The molecule has 0 spiro atoms. The number of rotatable bonds is 15. The predicted octanol–water partition coefficient (Wildman–Crippen LogP) is 4.16. The van der Waals surface area contributed by atoms with Gasteiger partial charge in [-0.25, -0.2) is 0 Å². The minimum absolute atomic E-state index is 0.180. The number of carbonyl (C=O) groups is 1. The van der Waals surface area contributed by atoms with Crippen molar-refractivity contribution in [3.63, 3.8) is 0 Å². The summed E-state index contributed by atoms with van der Waals surface area (Å²) in [5, 5.41) is 29.7. The summed E-state index contributed by atoms with van der Waals surface area (Å²) in [5.74, 6) is 0.702. The highest BCUT2D eigenvalue weighted by Gasteiger charge is 2.33. The molecule has 4 nitrogen and oxygen atoms in total. The van der Waals surface area contributed by atoms with Crippen LogP contribution >= 0.6 is 0 Å². The lowest BCUT2D eigenvalue weighted by Crippen LogP contribution is -2.28. The lowest BCUT2D eigenvalue weighted by molar-refractivity contribution is -0.112. The third kappa shape index (κ3) is 8.79. The van der Waals surface area contributed by atoms with Crippen LogP contribution < -0.4 is 0 Å². The SMILES string of the molecule is CCCCC(O)(CC=O)CC=C[C@@H]1[C@@H](CCCCCCCO)CC[C@H]1O. The molecule has 0 aromatic carbocycles. The normalized spacial score (nSPS) is 25.6. The number of aliphatic hydroxyl groups is 3. The third-order valence-corrected chi connectivity index (χ3v) is 5.87. The number of aliphatic hydroxyl groups excluding tert-OH is 2. The Morgan fingerprint density at radius 3 is 2.46 bits per heavy atom. The fourth-order valence-corrected chi connectivity index (χ4v) is 4.15. The van der Waals surface area contributed by atoms with Gasteiger partial charge in [-0.3, -0.25) is 0 Å². The van der Waals surface area contributed by atoms with E-state index in [9.17, 15) is 15.0 Å². The van der Waals surface area contributed by atoms with Crippen LogP contribution in [0.5, 0.6) is 0 Å². The number of aldehydes is 1. The monoisotopic (exact) mass is 368 g/mol. The lowest BCUT2D eigenvalue weighted by Gasteiger charge is -2.25. The molecule has 0 bridgehead atoms. The molecular weight excluding hydrogens is 328 g/mol. The van der Waals surface area contributed by atoms with Crippen molar-refractivity contribution < 1.29 is 20.1 Å². The Bertz CT molecular complexity index is 396. The molecule has 3 N–H and O–H groups in total. The first-order valence-electron chi connectivity index (χ1n) is 10.7. The highest BCUT2D eigenvalue weighted by atomic mass is 16.3. The molecule has 1 aliphatic carbocycles. The van der Waals surface area contributed by atoms with Gasteiger partial charge in [0.05, 0.1) is 11.7 Å². The lowest BCUT2D eigenvalue weighted by atomic mass is 9.86. The van der Waals surface area contributed by atoms with Gasteiger partial charge in [-0.15, -0.1) is 0 Å². The summed E-state index contributed by atoms with van der Waals surface area (Å²) in [6.07, 6.45) is 16.5. The molecule has 0 aromatic heterocycles. The van der Waals surface area contributed by atoms with E-state index >= 15 is 0 Å². The molecule has 4 heteroatoms. The number of unbranched alkanes of at least 4 members (excludes halogenated alkanes) is 5. The first-order valence-corrected chi connectivity index (χ1v) is 10.7. The summed E-state index contributed by atoms with van der Waals surface area (Å²) in [6, 6.07) is 0. The number of carbonyl (C=O) groups excluding carboxylic acids is 1. The van der Waals surface area contributed by atoms with Crippen molar-refractivity contribution in [3.05, 3.63) is 12.2 Å². The first-order chi connectivity index (χ1) is 12.6. The summed E-state index contributed by atoms with van der Waals surface area (Å²) in [4.78, 5) is 10.9. The summed E-state index contributed by atoms with van der Waals surface area (Å²) in [7, 11) is 0. The van der Waals surface area contributed by atoms with Gasteiger partial charge >= 0.3 is 0 Å². The second-order valence-electron chi connectivity index (χ2n) is 8.09. The van der Waals surface area contributed by atoms with Gasteiger partial charge in [-0.1, -0.05) is 57.6 Å². The van der Waals surface area contributed by atoms with E-state index in [1.165, 1.54) is 19.3 Å². The van der Waals surface area contributed by atoms with Crippen LogP contribution in [0.3, 0.4) is 0 Å². The number of hydrogen-bond donors (Lipinski definition) is 3. The van der Waals surface area contributed by atoms with Crippen LogP contribution in [-0.4, -0.2) is 39.9 Å². The largest absolute Gasteiger partial charge is 0.396 e. The summed E-state index contributed by atoms with van der Waals surface area (Å²) >= 11 is 0. The van der Waals surface area contributed by atoms with Crippen LogP contribution in [0.1, 0.15) is 90.4 Å². The van der Waals surface area contributed by atoms with Crippen LogP contribution in [0.2, 0.25) is 0 Å². The topological polar surface area (TPSA) is 77.8 Å². The Morgan fingerprint density at radius 1 is 1.04 bits per heavy atom. The summed E-state index contributed by atoms with van der Waals surface area (Å²) in [6.45, 7) is 2.37. The summed E-state index contributed by atoms with van der Waals surface area (Å²) in [5.41, 5.74) is -0.931. The summed E-state index contributed by atoms with van der Waals surface area (Å²) < 4.78 is 0. The predicted molar refractivity (Wildman–Crippen MR) is 106 cm³/mol. The maximum atomic E-state index is 10.9. The van der Waals surface area contributed by atoms with Gasteiger partial charge in [-0.05, 0) is 44.4 Å². The zero-order chi connectivity index (χ0) is 19.3. The zero-order valence-corrected chi connectivity index (χ0v) is 16.6. The van der Waals surface area contributed by atoms with Gasteiger partial charge in [0.25, 0.3) is 0 Å². The Hall–Kier alpha value is -0.710. The Kier molecular flexibility index (Phi) is 12.1. The van der Waals surface area contributed by atoms with Crippen molar-refractivity contribution in [2.24, 2.45) is 11.8 Å². The molecule has 0 saturated heterocycles. The van der Waals surface area contributed by atoms with E-state index < -0.39 is 5.60 Å². The molecule has 152 valence electrons. The molecule has 0 heterocycles. The van der Waals surface area contributed by atoms with Gasteiger partial charge in [0.2, 0.25) is 0 Å².